The second-order valence-electron chi connectivity index (χ2n) is 4.68. The van der Waals surface area contributed by atoms with Crippen molar-refractivity contribution < 1.29 is 9.59 Å². The third kappa shape index (κ3) is 4.22. The van der Waals surface area contributed by atoms with Gasteiger partial charge in [0.25, 0.3) is 0 Å². The van der Waals surface area contributed by atoms with Crippen LogP contribution in [-0.4, -0.2) is 31.1 Å². The number of amides is 3. The molecular weight excluding hydrogens is 220 g/mol. The number of hydrogen-bond donors (Lipinski definition) is 4. The van der Waals surface area contributed by atoms with Crippen molar-refractivity contribution in [3.63, 3.8) is 0 Å². The molecule has 0 saturated heterocycles. The molecule has 0 aromatic carbocycles. The fraction of sp³-hybridized carbons (Fsp3) is 0.818. The fourth-order valence-corrected chi connectivity index (χ4v) is 2.40. The highest BCUT2D eigenvalue weighted by Gasteiger charge is 2.33. The maximum atomic E-state index is 11.9. The standard InChI is InChI=1S/C11H22N4O2/c1-7-3-2-4-8(12)9(7)10(16)14-5-6-15-11(13)17/h7-9H,2-6,12H2,1H3,(H,14,16)(H3,13,15,17). The van der Waals surface area contributed by atoms with E-state index in [4.69, 9.17) is 11.5 Å². The average Bonchev–Trinajstić information content (AvgIpc) is 2.24. The topological polar surface area (TPSA) is 110 Å². The zero-order chi connectivity index (χ0) is 12.8. The predicted molar refractivity (Wildman–Crippen MR) is 65.1 cm³/mol. The summed E-state index contributed by atoms with van der Waals surface area (Å²) in [5.74, 6) is 0.191. The van der Waals surface area contributed by atoms with E-state index in [0.29, 0.717) is 19.0 Å². The van der Waals surface area contributed by atoms with Crippen LogP contribution >= 0.6 is 0 Å². The van der Waals surface area contributed by atoms with Gasteiger partial charge in [0.1, 0.15) is 0 Å². The lowest BCUT2D eigenvalue weighted by Gasteiger charge is -2.33. The van der Waals surface area contributed by atoms with Crippen LogP contribution in [0.1, 0.15) is 26.2 Å². The molecule has 6 N–H and O–H groups in total. The second-order valence-corrected chi connectivity index (χ2v) is 4.68. The summed E-state index contributed by atoms with van der Waals surface area (Å²) < 4.78 is 0. The molecule has 3 amide bonds. The van der Waals surface area contributed by atoms with E-state index in [1.165, 1.54) is 0 Å². The Morgan fingerprint density at radius 1 is 1.24 bits per heavy atom. The largest absolute Gasteiger partial charge is 0.354 e. The monoisotopic (exact) mass is 242 g/mol. The Hall–Kier alpha value is -1.30. The van der Waals surface area contributed by atoms with E-state index in [9.17, 15) is 9.59 Å². The lowest BCUT2D eigenvalue weighted by atomic mass is 9.76. The van der Waals surface area contributed by atoms with Gasteiger partial charge in [-0.15, -0.1) is 0 Å². The van der Waals surface area contributed by atoms with Gasteiger partial charge < -0.3 is 22.1 Å². The number of urea groups is 1. The van der Waals surface area contributed by atoms with E-state index in [1.54, 1.807) is 0 Å². The number of hydrogen-bond acceptors (Lipinski definition) is 3. The minimum Gasteiger partial charge on any atom is -0.354 e. The fourth-order valence-electron chi connectivity index (χ4n) is 2.40. The molecule has 3 unspecified atom stereocenters. The molecule has 17 heavy (non-hydrogen) atoms. The zero-order valence-corrected chi connectivity index (χ0v) is 10.2. The Bertz CT molecular complexity index is 273. The van der Waals surface area contributed by atoms with E-state index in [0.717, 1.165) is 19.3 Å². The number of carbonyl (C=O) groups excluding carboxylic acids is 2. The number of primary amides is 1. The third-order valence-electron chi connectivity index (χ3n) is 3.30. The molecule has 0 aromatic rings. The predicted octanol–water partition coefficient (Wildman–Crippen LogP) is -0.466. The van der Waals surface area contributed by atoms with E-state index < -0.39 is 6.03 Å². The van der Waals surface area contributed by atoms with Crippen molar-refractivity contribution in [2.45, 2.75) is 32.2 Å². The summed E-state index contributed by atoms with van der Waals surface area (Å²) in [4.78, 5) is 22.4. The SMILES string of the molecule is CC1CCCC(N)C1C(=O)NCCNC(N)=O. The summed E-state index contributed by atoms with van der Waals surface area (Å²) in [6, 6.07) is -0.634. The molecule has 0 radical (unpaired) electrons. The molecule has 6 nitrogen and oxygen atoms in total. The number of carbonyl (C=O) groups is 2. The van der Waals surface area contributed by atoms with E-state index in [-0.39, 0.29) is 17.9 Å². The van der Waals surface area contributed by atoms with E-state index >= 15 is 0 Å². The van der Waals surface area contributed by atoms with Crippen LogP contribution in [0.15, 0.2) is 0 Å². The van der Waals surface area contributed by atoms with Gasteiger partial charge in [0.15, 0.2) is 0 Å². The number of nitrogens with two attached hydrogens (primary N) is 2. The molecule has 1 aliphatic carbocycles. The van der Waals surface area contributed by atoms with Crippen LogP contribution in [0.3, 0.4) is 0 Å². The van der Waals surface area contributed by atoms with Gasteiger partial charge in [-0.25, -0.2) is 4.79 Å². The van der Waals surface area contributed by atoms with E-state index in [1.807, 2.05) is 0 Å². The highest BCUT2D eigenvalue weighted by atomic mass is 16.2. The first-order chi connectivity index (χ1) is 8.02. The van der Waals surface area contributed by atoms with Crippen molar-refractivity contribution in [1.82, 2.24) is 10.6 Å². The van der Waals surface area contributed by atoms with Crippen molar-refractivity contribution in [3.05, 3.63) is 0 Å². The summed E-state index contributed by atoms with van der Waals surface area (Å²) in [5.41, 5.74) is 10.9. The molecule has 1 fully saturated rings. The Kier molecular flexibility index (Phi) is 5.21. The van der Waals surface area contributed by atoms with Gasteiger partial charge in [-0.3, -0.25) is 4.79 Å². The minimum atomic E-state index is -0.581. The Morgan fingerprint density at radius 3 is 2.47 bits per heavy atom. The number of nitrogens with one attached hydrogen (secondary N) is 2. The molecule has 98 valence electrons. The Balaban J connectivity index is 2.32. The molecular formula is C11H22N4O2. The molecule has 1 saturated carbocycles. The maximum Gasteiger partial charge on any atom is 0.312 e. The molecule has 0 heterocycles. The quantitative estimate of drug-likeness (QED) is 0.500. The molecule has 0 aliphatic heterocycles. The van der Waals surface area contributed by atoms with Crippen LogP contribution in [0.4, 0.5) is 4.79 Å². The minimum absolute atomic E-state index is 0.0176. The summed E-state index contributed by atoms with van der Waals surface area (Å²) in [6.45, 7) is 2.79. The van der Waals surface area contributed by atoms with E-state index in [2.05, 4.69) is 17.6 Å². The highest BCUT2D eigenvalue weighted by Crippen LogP contribution is 2.28. The normalized spacial score (nSPS) is 28.5. The number of rotatable bonds is 4. The molecule has 1 aliphatic rings. The lowest BCUT2D eigenvalue weighted by molar-refractivity contribution is -0.128. The van der Waals surface area contributed by atoms with Crippen molar-refractivity contribution >= 4 is 11.9 Å². The van der Waals surface area contributed by atoms with Crippen LogP contribution in [0.25, 0.3) is 0 Å². The second kappa shape index (κ2) is 6.44. The Morgan fingerprint density at radius 2 is 1.88 bits per heavy atom. The summed E-state index contributed by atoms with van der Waals surface area (Å²) >= 11 is 0. The zero-order valence-electron chi connectivity index (χ0n) is 10.2. The molecule has 6 heteroatoms. The molecule has 0 bridgehead atoms. The highest BCUT2D eigenvalue weighted by molar-refractivity contribution is 5.80. The summed E-state index contributed by atoms with van der Waals surface area (Å²) in [6.07, 6.45) is 3.04. The van der Waals surface area contributed by atoms with Crippen LogP contribution in [0.2, 0.25) is 0 Å². The van der Waals surface area contributed by atoms with Crippen molar-refractivity contribution in [3.8, 4) is 0 Å². The molecule has 3 atom stereocenters. The van der Waals surface area contributed by atoms with Crippen LogP contribution in [0, 0.1) is 11.8 Å². The Labute approximate surface area is 101 Å². The smallest absolute Gasteiger partial charge is 0.312 e. The van der Waals surface area contributed by atoms with Crippen molar-refractivity contribution in [2.24, 2.45) is 23.3 Å². The van der Waals surface area contributed by atoms with Gasteiger partial charge in [-0.1, -0.05) is 13.3 Å². The maximum absolute atomic E-state index is 11.9. The van der Waals surface area contributed by atoms with Gasteiger partial charge in [0.2, 0.25) is 5.91 Å². The third-order valence-corrected chi connectivity index (χ3v) is 3.30. The van der Waals surface area contributed by atoms with Gasteiger partial charge in [-0.05, 0) is 18.8 Å². The van der Waals surface area contributed by atoms with Gasteiger partial charge in [-0.2, -0.15) is 0 Å². The van der Waals surface area contributed by atoms with Crippen LogP contribution < -0.4 is 22.1 Å². The molecule has 1 rings (SSSR count). The summed E-state index contributed by atoms with van der Waals surface area (Å²) in [7, 11) is 0. The first-order valence-electron chi connectivity index (χ1n) is 6.09. The van der Waals surface area contributed by atoms with Crippen LogP contribution in [0.5, 0.6) is 0 Å². The van der Waals surface area contributed by atoms with Crippen molar-refractivity contribution in [1.29, 1.82) is 0 Å². The van der Waals surface area contributed by atoms with Crippen molar-refractivity contribution in [2.75, 3.05) is 13.1 Å². The van der Waals surface area contributed by atoms with Gasteiger partial charge >= 0.3 is 6.03 Å². The van der Waals surface area contributed by atoms with Gasteiger partial charge in [0, 0.05) is 19.1 Å². The first-order valence-corrected chi connectivity index (χ1v) is 6.09. The lowest BCUT2D eigenvalue weighted by Crippen LogP contribution is -2.48. The molecule has 0 aromatic heterocycles. The van der Waals surface area contributed by atoms with Gasteiger partial charge in [0.05, 0.1) is 5.92 Å². The molecule has 0 spiro atoms. The van der Waals surface area contributed by atoms with Crippen LogP contribution in [-0.2, 0) is 4.79 Å². The average molecular weight is 242 g/mol. The summed E-state index contributed by atoms with van der Waals surface area (Å²) in [5, 5.41) is 5.20. The first kappa shape index (κ1) is 13.8.